The molecule has 0 aromatic rings. The van der Waals surface area contributed by atoms with Crippen molar-refractivity contribution in [3.63, 3.8) is 0 Å². The number of carboxylic acid groups (broad SMARTS) is 1. The maximum atomic E-state index is 10.7. The maximum Gasteiger partial charge on any atom is 0.517 e. The first kappa shape index (κ1) is 12.2. The van der Waals surface area contributed by atoms with E-state index in [1.54, 1.807) is 20.8 Å². The lowest BCUT2D eigenvalue weighted by atomic mass is 10.2. The van der Waals surface area contributed by atoms with Crippen molar-refractivity contribution in [3.8, 4) is 0 Å². The quantitative estimate of drug-likeness (QED) is 0.417. The van der Waals surface area contributed by atoms with Gasteiger partial charge in [0.2, 0.25) is 0 Å². The minimum atomic E-state index is -2.11. The largest absolute Gasteiger partial charge is 0.517 e. The molecule has 7 nitrogen and oxygen atoms in total. The Balaban J connectivity index is 3.96. The minimum Gasteiger partial charge on any atom is -0.452 e. The third-order valence-electron chi connectivity index (χ3n) is 0.723. The Morgan fingerprint density at radius 3 is 1.86 bits per heavy atom. The standard InChI is InChI=1S/C7H10O7/c1-7(2,3)14-6(11)13-5(10)12-4(8)9/h1-3H3,(H,8,9)/p-1. The number of ether oxygens (including phenoxy) is 3. The summed E-state index contributed by atoms with van der Waals surface area (Å²) in [5, 5.41) is 9.69. The van der Waals surface area contributed by atoms with Crippen molar-refractivity contribution in [1.82, 2.24) is 0 Å². The number of rotatable bonds is 0. The van der Waals surface area contributed by atoms with Crippen LogP contribution in [-0.2, 0) is 14.2 Å². The topological polar surface area (TPSA) is 102 Å². The van der Waals surface area contributed by atoms with Gasteiger partial charge < -0.3 is 24.1 Å². The third kappa shape index (κ3) is 6.89. The third-order valence-corrected chi connectivity index (χ3v) is 0.723. The second-order valence-corrected chi connectivity index (χ2v) is 3.17. The first-order valence-electron chi connectivity index (χ1n) is 3.54. The van der Waals surface area contributed by atoms with Crippen LogP contribution < -0.4 is 5.11 Å². The average molecular weight is 205 g/mol. The average Bonchev–Trinajstić information content (AvgIpc) is 1.77. The normalized spacial score (nSPS) is 10.2. The molecule has 0 heterocycles. The smallest absolute Gasteiger partial charge is 0.452 e. The van der Waals surface area contributed by atoms with Crippen molar-refractivity contribution in [1.29, 1.82) is 0 Å². The van der Waals surface area contributed by atoms with Crippen LogP contribution >= 0.6 is 0 Å². The van der Waals surface area contributed by atoms with Crippen molar-refractivity contribution in [2.75, 3.05) is 0 Å². The summed E-state index contributed by atoms with van der Waals surface area (Å²) in [5.41, 5.74) is -0.848. The molecule has 0 aliphatic heterocycles. The summed E-state index contributed by atoms with van der Waals surface area (Å²) in [7, 11) is 0. The first-order valence-corrected chi connectivity index (χ1v) is 3.54. The van der Waals surface area contributed by atoms with Gasteiger partial charge in [0.15, 0.2) is 0 Å². The predicted octanol–water partition coefficient (Wildman–Crippen LogP) is 0.418. The summed E-state index contributed by atoms with van der Waals surface area (Å²) in [5.74, 6) is 0. The molecule has 0 aromatic carbocycles. The summed E-state index contributed by atoms with van der Waals surface area (Å²) in [6, 6.07) is 0. The highest BCUT2D eigenvalue weighted by atomic mass is 16.8. The zero-order valence-corrected chi connectivity index (χ0v) is 7.86. The van der Waals surface area contributed by atoms with Gasteiger partial charge in [-0.05, 0) is 20.8 Å². The molecular weight excluding hydrogens is 196 g/mol. The van der Waals surface area contributed by atoms with Crippen molar-refractivity contribution >= 4 is 18.5 Å². The highest BCUT2D eigenvalue weighted by Gasteiger charge is 2.19. The van der Waals surface area contributed by atoms with Gasteiger partial charge in [0.1, 0.15) is 5.60 Å². The van der Waals surface area contributed by atoms with Crippen LogP contribution in [-0.4, -0.2) is 24.1 Å². The number of carbonyl (C=O) groups is 3. The Kier molecular flexibility index (Phi) is 3.88. The van der Waals surface area contributed by atoms with E-state index in [-0.39, 0.29) is 0 Å². The summed E-state index contributed by atoms with van der Waals surface area (Å²) in [6.45, 7) is 4.62. The van der Waals surface area contributed by atoms with E-state index < -0.39 is 24.1 Å². The molecule has 0 spiro atoms. The Morgan fingerprint density at radius 2 is 1.50 bits per heavy atom. The highest BCUT2D eigenvalue weighted by molar-refractivity contribution is 5.82. The van der Waals surface area contributed by atoms with E-state index >= 15 is 0 Å². The van der Waals surface area contributed by atoms with E-state index in [9.17, 15) is 19.5 Å². The van der Waals surface area contributed by atoms with Crippen molar-refractivity contribution in [3.05, 3.63) is 0 Å². The van der Waals surface area contributed by atoms with E-state index in [1.807, 2.05) is 0 Å². The van der Waals surface area contributed by atoms with Crippen LogP contribution in [0.5, 0.6) is 0 Å². The van der Waals surface area contributed by atoms with Gasteiger partial charge in [-0.3, -0.25) is 0 Å². The second kappa shape index (κ2) is 4.45. The Bertz CT molecular complexity index is 249. The molecule has 0 aliphatic rings. The zero-order chi connectivity index (χ0) is 11.4. The Labute approximate surface area is 79.5 Å². The molecule has 14 heavy (non-hydrogen) atoms. The fourth-order valence-corrected chi connectivity index (χ4v) is 0.428. The fourth-order valence-electron chi connectivity index (χ4n) is 0.428. The van der Waals surface area contributed by atoms with E-state index in [2.05, 4.69) is 14.2 Å². The summed E-state index contributed by atoms with van der Waals surface area (Å²) in [4.78, 5) is 30.8. The van der Waals surface area contributed by atoms with Gasteiger partial charge >= 0.3 is 12.3 Å². The van der Waals surface area contributed by atoms with Gasteiger partial charge in [0, 0.05) is 0 Å². The van der Waals surface area contributed by atoms with Crippen LogP contribution in [0, 0.1) is 0 Å². The molecule has 0 unspecified atom stereocenters. The Morgan fingerprint density at radius 1 is 1.00 bits per heavy atom. The van der Waals surface area contributed by atoms with Crippen molar-refractivity contribution < 1.29 is 33.7 Å². The molecule has 0 rings (SSSR count). The predicted molar refractivity (Wildman–Crippen MR) is 39.2 cm³/mol. The molecule has 0 fully saturated rings. The maximum absolute atomic E-state index is 10.7. The molecule has 80 valence electrons. The summed E-state index contributed by atoms with van der Waals surface area (Å²) in [6.07, 6.45) is -5.17. The molecule has 0 aliphatic carbocycles. The summed E-state index contributed by atoms with van der Waals surface area (Å²) >= 11 is 0. The fraction of sp³-hybridized carbons (Fsp3) is 0.571. The molecule has 0 amide bonds. The Hall–Kier alpha value is -1.79. The molecule has 0 aromatic heterocycles. The number of hydrogen-bond acceptors (Lipinski definition) is 7. The van der Waals surface area contributed by atoms with Crippen LogP contribution in [0.25, 0.3) is 0 Å². The van der Waals surface area contributed by atoms with Crippen LogP contribution in [0.2, 0.25) is 0 Å². The van der Waals surface area contributed by atoms with E-state index in [1.165, 1.54) is 0 Å². The van der Waals surface area contributed by atoms with Crippen LogP contribution in [0.15, 0.2) is 0 Å². The molecular formula is C7H9O7-. The van der Waals surface area contributed by atoms with E-state index in [0.717, 1.165) is 0 Å². The minimum absolute atomic E-state index is 0.848. The second-order valence-electron chi connectivity index (χ2n) is 3.17. The first-order chi connectivity index (χ1) is 6.20. The van der Waals surface area contributed by atoms with Gasteiger partial charge in [-0.15, -0.1) is 0 Å². The van der Waals surface area contributed by atoms with Gasteiger partial charge in [-0.2, -0.15) is 0 Å². The van der Waals surface area contributed by atoms with Gasteiger partial charge in [0.05, 0.1) is 0 Å². The van der Waals surface area contributed by atoms with E-state index in [0.29, 0.717) is 0 Å². The highest BCUT2D eigenvalue weighted by Crippen LogP contribution is 2.08. The van der Waals surface area contributed by atoms with Gasteiger partial charge in [-0.25, -0.2) is 9.59 Å². The molecule has 0 N–H and O–H groups in total. The van der Waals surface area contributed by atoms with Crippen molar-refractivity contribution in [2.45, 2.75) is 26.4 Å². The monoisotopic (exact) mass is 205 g/mol. The molecule has 7 heteroatoms. The SMILES string of the molecule is CC(C)(C)OC(=O)OC(=O)OC(=O)[O-]. The summed E-state index contributed by atoms with van der Waals surface area (Å²) < 4.78 is 11.7. The number of hydrogen-bond donors (Lipinski definition) is 0. The van der Waals surface area contributed by atoms with E-state index in [4.69, 9.17) is 0 Å². The van der Waals surface area contributed by atoms with Gasteiger partial charge in [0.25, 0.3) is 6.16 Å². The molecule has 0 saturated heterocycles. The van der Waals surface area contributed by atoms with Crippen LogP contribution in [0.1, 0.15) is 20.8 Å². The zero-order valence-electron chi connectivity index (χ0n) is 7.86. The van der Waals surface area contributed by atoms with Crippen LogP contribution in [0.3, 0.4) is 0 Å². The van der Waals surface area contributed by atoms with Gasteiger partial charge in [-0.1, -0.05) is 0 Å². The van der Waals surface area contributed by atoms with Crippen molar-refractivity contribution in [2.24, 2.45) is 0 Å². The lowest BCUT2D eigenvalue weighted by molar-refractivity contribution is -0.276. The molecule has 0 saturated carbocycles. The lowest BCUT2D eigenvalue weighted by Crippen LogP contribution is -2.30. The van der Waals surface area contributed by atoms with Crippen LogP contribution in [0.4, 0.5) is 14.4 Å². The number of carbonyl (C=O) groups excluding carboxylic acids is 3. The molecule has 0 bridgehead atoms. The molecule has 0 radical (unpaired) electrons. The molecule has 0 atom stereocenters. The lowest BCUT2D eigenvalue weighted by Gasteiger charge is -2.18.